The highest BCUT2D eigenvalue weighted by molar-refractivity contribution is 5.05. The molecule has 4 heteroatoms. The number of hydrogen-bond acceptors (Lipinski definition) is 3. The summed E-state index contributed by atoms with van der Waals surface area (Å²) in [5.74, 6) is 5.56. The van der Waals surface area contributed by atoms with E-state index < -0.39 is 0 Å². The van der Waals surface area contributed by atoms with Gasteiger partial charge in [0.05, 0.1) is 11.7 Å². The van der Waals surface area contributed by atoms with E-state index in [1.807, 2.05) is 24.0 Å². The monoisotopic (exact) mass is 210 g/mol. The van der Waals surface area contributed by atoms with Gasteiger partial charge in [-0.3, -0.25) is 16.0 Å². The first-order chi connectivity index (χ1) is 7.29. The van der Waals surface area contributed by atoms with Gasteiger partial charge in [-0.25, -0.2) is 0 Å². The maximum absolute atomic E-state index is 5.56. The first-order valence-electron chi connectivity index (χ1n) is 5.73. The molecule has 1 aromatic heterocycles. The molecule has 3 N–H and O–H groups in total. The molecule has 0 aliphatic rings. The van der Waals surface area contributed by atoms with E-state index in [1.165, 1.54) is 25.7 Å². The smallest absolute Gasteiger partial charge is 0.0628 e. The molecule has 0 saturated carbocycles. The fourth-order valence-corrected chi connectivity index (χ4v) is 1.82. The van der Waals surface area contributed by atoms with Gasteiger partial charge in [0.2, 0.25) is 0 Å². The fourth-order valence-electron chi connectivity index (χ4n) is 1.82. The minimum atomic E-state index is 0.231. The third-order valence-electron chi connectivity index (χ3n) is 2.76. The Balaban J connectivity index is 2.39. The number of hydrogen-bond donors (Lipinski definition) is 2. The lowest BCUT2D eigenvalue weighted by Crippen LogP contribution is -2.29. The van der Waals surface area contributed by atoms with Gasteiger partial charge in [0.25, 0.3) is 0 Å². The summed E-state index contributed by atoms with van der Waals surface area (Å²) in [7, 11) is 1.95. The largest absolute Gasteiger partial charge is 0.271 e. The predicted octanol–water partition coefficient (Wildman–Crippen LogP) is 1.89. The zero-order valence-electron chi connectivity index (χ0n) is 9.74. The molecule has 0 saturated heterocycles. The molecule has 0 aromatic carbocycles. The highest BCUT2D eigenvalue weighted by Gasteiger charge is 2.12. The molecule has 0 spiro atoms. The quantitative estimate of drug-likeness (QED) is 0.410. The summed E-state index contributed by atoms with van der Waals surface area (Å²) in [6.45, 7) is 2.22. The number of nitrogens with one attached hydrogen (secondary N) is 1. The summed E-state index contributed by atoms with van der Waals surface area (Å²) in [5.41, 5.74) is 4.02. The van der Waals surface area contributed by atoms with Crippen molar-refractivity contribution < 1.29 is 0 Å². The predicted molar refractivity (Wildman–Crippen MR) is 62.0 cm³/mol. The topological polar surface area (TPSA) is 55.9 Å². The molecular weight excluding hydrogens is 188 g/mol. The van der Waals surface area contributed by atoms with Crippen LogP contribution in [0.15, 0.2) is 12.3 Å². The van der Waals surface area contributed by atoms with Gasteiger partial charge in [-0.1, -0.05) is 32.6 Å². The van der Waals surface area contributed by atoms with Crippen molar-refractivity contribution in [2.45, 2.75) is 45.1 Å². The minimum Gasteiger partial charge on any atom is -0.271 e. The number of unbranched alkanes of at least 4 members (excludes halogenated alkanes) is 3. The molecule has 4 nitrogen and oxygen atoms in total. The first-order valence-corrected chi connectivity index (χ1v) is 5.73. The van der Waals surface area contributed by atoms with Crippen molar-refractivity contribution in [3.8, 4) is 0 Å². The molecule has 0 bridgehead atoms. The maximum Gasteiger partial charge on any atom is 0.0628 e. The van der Waals surface area contributed by atoms with Crippen LogP contribution >= 0.6 is 0 Å². The van der Waals surface area contributed by atoms with Gasteiger partial charge in [0.15, 0.2) is 0 Å². The number of nitrogens with zero attached hydrogens (tertiary/aromatic N) is 2. The summed E-state index contributed by atoms with van der Waals surface area (Å²) >= 11 is 0. The molecule has 86 valence electrons. The molecule has 1 heterocycles. The number of aryl methyl sites for hydroxylation is 1. The summed E-state index contributed by atoms with van der Waals surface area (Å²) in [6.07, 6.45) is 7.97. The van der Waals surface area contributed by atoms with E-state index in [1.54, 1.807) is 0 Å². The van der Waals surface area contributed by atoms with Crippen LogP contribution in [0, 0.1) is 0 Å². The summed E-state index contributed by atoms with van der Waals surface area (Å²) in [4.78, 5) is 0. The van der Waals surface area contributed by atoms with E-state index in [9.17, 15) is 0 Å². The molecule has 1 aromatic rings. The Hall–Kier alpha value is -0.870. The molecular formula is C11H22N4. The van der Waals surface area contributed by atoms with Gasteiger partial charge in [0, 0.05) is 13.2 Å². The lowest BCUT2D eigenvalue weighted by Gasteiger charge is -2.15. The zero-order valence-corrected chi connectivity index (χ0v) is 9.74. The van der Waals surface area contributed by atoms with Crippen molar-refractivity contribution in [3.05, 3.63) is 18.0 Å². The van der Waals surface area contributed by atoms with Crippen molar-refractivity contribution in [1.82, 2.24) is 15.2 Å². The van der Waals surface area contributed by atoms with Crippen molar-refractivity contribution in [2.24, 2.45) is 12.9 Å². The first kappa shape index (κ1) is 12.2. The van der Waals surface area contributed by atoms with Crippen LogP contribution in [0.5, 0.6) is 0 Å². The molecule has 1 unspecified atom stereocenters. The van der Waals surface area contributed by atoms with Gasteiger partial charge in [-0.15, -0.1) is 0 Å². The van der Waals surface area contributed by atoms with E-state index >= 15 is 0 Å². The number of rotatable bonds is 7. The number of hydrazine groups is 1. The molecule has 15 heavy (non-hydrogen) atoms. The highest BCUT2D eigenvalue weighted by Crippen LogP contribution is 2.18. The van der Waals surface area contributed by atoms with Crippen LogP contribution in [0.3, 0.4) is 0 Å². The van der Waals surface area contributed by atoms with Gasteiger partial charge < -0.3 is 0 Å². The Morgan fingerprint density at radius 2 is 2.27 bits per heavy atom. The zero-order chi connectivity index (χ0) is 11.1. The Morgan fingerprint density at radius 3 is 2.80 bits per heavy atom. The van der Waals surface area contributed by atoms with Gasteiger partial charge in [-0.2, -0.15) is 5.10 Å². The van der Waals surface area contributed by atoms with E-state index in [0.717, 1.165) is 12.1 Å². The molecule has 0 aliphatic heterocycles. The van der Waals surface area contributed by atoms with Crippen LogP contribution in [0.1, 0.15) is 50.8 Å². The molecule has 1 rings (SSSR count). The van der Waals surface area contributed by atoms with Crippen molar-refractivity contribution in [3.63, 3.8) is 0 Å². The van der Waals surface area contributed by atoms with Crippen LogP contribution in [-0.2, 0) is 7.05 Å². The second-order valence-corrected chi connectivity index (χ2v) is 3.95. The molecule has 0 fully saturated rings. The third-order valence-corrected chi connectivity index (χ3v) is 2.76. The SMILES string of the molecule is CCCCCCC(NN)c1ccnn1C. The Kier molecular flexibility index (Phi) is 5.36. The minimum absolute atomic E-state index is 0.231. The lowest BCUT2D eigenvalue weighted by molar-refractivity contribution is 0.455. The highest BCUT2D eigenvalue weighted by atomic mass is 15.3. The van der Waals surface area contributed by atoms with Crippen molar-refractivity contribution in [1.29, 1.82) is 0 Å². The van der Waals surface area contributed by atoms with Crippen molar-refractivity contribution >= 4 is 0 Å². The van der Waals surface area contributed by atoms with Crippen LogP contribution in [0.25, 0.3) is 0 Å². The van der Waals surface area contributed by atoms with Crippen LogP contribution in [0.2, 0.25) is 0 Å². The van der Waals surface area contributed by atoms with Crippen LogP contribution < -0.4 is 11.3 Å². The summed E-state index contributed by atoms with van der Waals surface area (Å²) < 4.78 is 1.88. The van der Waals surface area contributed by atoms with Crippen LogP contribution in [-0.4, -0.2) is 9.78 Å². The van der Waals surface area contributed by atoms with Crippen molar-refractivity contribution in [2.75, 3.05) is 0 Å². The Morgan fingerprint density at radius 1 is 1.47 bits per heavy atom. The van der Waals surface area contributed by atoms with E-state index in [-0.39, 0.29) is 6.04 Å². The summed E-state index contributed by atoms with van der Waals surface area (Å²) in [6, 6.07) is 2.25. The third kappa shape index (κ3) is 3.64. The number of nitrogens with two attached hydrogens (primary N) is 1. The number of aromatic nitrogens is 2. The van der Waals surface area contributed by atoms with E-state index in [0.29, 0.717) is 0 Å². The van der Waals surface area contributed by atoms with Crippen LogP contribution in [0.4, 0.5) is 0 Å². The molecule has 0 aliphatic carbocycles. The van der Waals surface area contributed by atoms with Gasteiger partial charge >= 0.3 is 0 Å². The maximum atomic E-state index is 5.56. The second-order valence-electron chi connectivity index (χ2n) is 3.95. The van der Waals surface area contributed by atoms with E-state index in [2.05, 4.69) is 17.4 Å². The van der Waals surface area contributed by atoms with Gasteiger partial charge in [-0.05, 0) is 12.5 Å². The van der Waals surface area contributed by atoms with Gasteiger partial charge in [0.1, 0.15) is 0 Å². The van der Waals surface area contributed by atoms with E-state index in [4.69, 9.17) is 5.84 Å². The average Bonchev–Trinajstić information content (AvgIpc) is 2.65. The average molecular weight is 210 g/mol. The standard InChI is InChI=1S/C11H22N4/c1-3-4-5-6-7-10(14-12)11-8-9-13-15(11)2/h8-10,14H,3-7,12H2,1-2H3. The molecule has 1 atom stereocenters. The molecule has 0 radical (unpaired) electrons. The fraction of sp³-hybridized carbons (Fsp3) is 0.727. The second kappa shape index (κ2) is 6.58. The Labute approximate surface area is 91.8 Å². The normalized spacial score (nSPS) is 13.0. The summed E-state index contributed by atoms with van der Waals surface area (Å²) in [5, 5.41) is 4.15. The molecule has 0 amide bonds. The lowest BCUT2D eigenvalue weighted by atomic mass is 10.1. The Bertz CT molecular complexity index is 269.